The summed E-state index contributed by atoms with van der Waals surface area (Å²) in [5.74, 6) is -0.999. The van der Waals surface area contributed by atoms with Gasteiger partial charge in [-0.3, -0.25) is 4.79 Å². The van der Waals surface area contributed by atoms with Crippen molar-refractivity contribution in [3.05, 3.63) is 29.6 Å². The van der Waals surface area contributed by atoms with Gasteiger partial charge in [0.15, 0.2) is 0 Å². The average Bonchev–Trinajstić information content (AvgIpc) is 2.44. The van der Waals surface area contributed by atoms with E-state index in [1.165, 1.54) is 23.1 Å². The van der Waals surface area contributed by atoms with Crippen LogP contribution in [0.1, 0.15) is 43.0 Å². The van der Waals surface area contributed by atoms with Crippen molar-refractivity contribution in [3.8, 4) is 0 Å². The number of anilines is 1. The highest BCUT2D eigenvalue weighted by Gasteiger charge is 2.18. The summed E-state index contributed by atoms with van der Waals surface area (Å²) in [5, 5.41) is 9.05. The Morgan fingerprint density at radius 3 is 2.70 bits per heavy atom. The van der Waals surface area contributed by atoms with E-state index in [2.05, 4.69) is 6.92 Å². The third-order valence-electron chi connectivity index (χ3n) is 3.16. The van der Waals surface area contributed by atoms with E-state index in [9.17, 15) is 9.18 Å². The van der Waals surface area contributed by atoms with Crippen molar-refractivity contribution >= 4 is 11.6 Å². The van der Waals surface area contributed by atoms with Gasteiger partial charge >= 0.3 is 0 Å². The molecule has 1 aromatic rings. The van der Waals surface area contributed by atoms with Crippen molar-refractivity contribution in [1.82, 2.24) is 4.90 Å². The molecule has 0 saturated carbocycles. The molecule has 5 heteroatoms. The predicted octanol–water partition coefficient (Wildman–Crippen LogP) is 2.42. The van der Waals surface area contributed by atoms with Crippen LogP contribution in [0, 0.1) is 5.82 Å². The molecule has 1 aromatic carbocycles. The molecule has 4 nitrogen and oxygen atoms in total. The zero-order valence-electron chi connectivity index (χ0n) is 11.9. The molecule has 3 N–H and O–H groups in total. The van der Waals surface area contributed by atoms with Gasteiger partial charge in [-0.15, -0.1) is 0 Å². The number of halogens is 1. The average molecular weight is 282 g/mol. The first-order valence-electron chi connectivity index (χ1n) is 7.05. The quantitative estimate of drug-likeness (QED) is 0.568. The number of unbranched alkanes of at least 4 members (excludes halogenated alkanes) is 3. The van der Waals surface area contributed by atoms with Crippen molar-refractivity contribution in [2.24, 2.45) is 0 Å². The summed E-state index contributed by atoms with van der Waals surface area (Å²) in [7, 11) is 0. The van der Waals surface area contributed by atoms with E-state index >= 15 is 0 Å². The number of aliphatic hydroxyl groups excluding tert-OH is 1. The summed E-state index contributed by atoms with van der Waals surface area (Å²) in [6, 6.07) is 3.95. The molecule has 0 atom stereocenters. The lowest BCUT2D eigenvalue weighted by atomic mass is 10.1. The van der Waals surface area contributed by atoms with Crippen molar-refractivity contribution in [2.75, 3.05) is 25.4 Å². The second-order valence-corrected chi connectivity index (χ2v) is 4.82. The van der Waals surface area contributed by atoms with Gasteiger partial charge in [-0.25, -0.2) is 4.39 Å². The van der Waals surface area contributed by atoms with Gasteiger partial charge in [0.2, 0.25) is 0 Å². The number of nitrogen functional groups attached to an aromatic ring is 1. The monoisotopic (exact) mass is 282 g/mol. The number of benzene rings is 1. The third kappa shape index (κ3) is 4.81. The van der Waals surface area contributed by atoms with Gasteiger partial charge in [-0.2, -0.15) is 0 Å². The maximum atomic E-state index is 13.7. The molecule has 0 heterocycles. The Hall–Kier alpha value is -1.62. The maximum absolute atomic E-state index is 13.7. The zero-order chi connectivity index (χ0) is 15.0. The Morgan fingerprint density at radius 2 is 2.05 bits per heavy atom. The lowest BCUT2D eigenvalue weighted by Gasteiger charge is -2.22. The first kappa shape index (κ1) is 16.4. The second kappa shape index (κ2) is 8.53. The minimum Gasteiger partial charge on any atom is -0.399 e. The number of nitrogens with zero attached hydrogens (tertiary/aromatic N) is 1. The standard InChI is InChI=1S/C15H23FN2O2/c1-2-3-4-5-8-18(9-10-19)15(20)13-11-12(17)6-7-14(13)16/h6-7,11,19H,2-5,8-10,17H2,1H3. The highest BCUT2D eigenvalue weighted by atomic mass is 19.1. The fraction of sp³-hybridized carbons (Fsp3) is 0.533. The first-order valence-corrected chi connectivity index (χ1v) is 7.05. The summed E-state index contributed by atoms with van der Waals surface area (Å²) >= 11 is 0. The number of nitrogens with two attached hydrogens (primary N) is 1. The molecule has 0 fully saturated rings. The molecule has 1 rings (SSSR count). The molecule has 0 aromatic heterocycles. The molecule has 0 radical (unpaired) electrons. The van der Waals surface area contributed by atoms with Crippen LogP contribution in [-0.4, -0.2) is 35.6 Å². The van der Waals surface area contributed by atoms with Gasteiger partial charge in [-0.05, 0) is 24.6 Å². The van der Waals surface area contributed by atoms with E-state index in [1.54, 1.807) is 0 Å². The highest BCUT2D eigenvalue weighted by molar-refractivity contribution is 5.95. The Labute approximate surface area is 119 Å². The van der Waals surface area contributed by atoms with Crippen LogP contribution >= 0.6 is 0 Å². The normalized spacial score (nSPS) is 10.6. The molecular formula is C15H23FN2O2. The van der Waals surface area contributed by atoms with Crippen molar-refractivity contribution < 1.29 is 14.3 Å². The van der Waals surface area contributed by atoms with Crippen molar-refractivity contribution in [2.45, 2.75) is 32.6 Å². The van der Waals surface area contributed by atoms with E-state index in [0.717, 1.165) is 25.7 Å². The minimum absolute atomic E-state index is 0.0334. The molecule has 112 valence electrons. The SMILES string of the molecule is CCCCCCN(CCO)C(=O)c1cc(N)ccc1F. The van der Waals surface area contributed by atoms with Crippen LogP contribution in [0.25, 0.3) is 0 Å². The van der Waals surface area contributed by atoms with Gasteiger partial charge in [0.05, 0.1) is 12.2 Å². The fourth-order valence-corrected chi connectivity index (χ4v) is 2.04. The topological polar surface area (TPSA) is 66.6 Å². The van der Waals surface area contributed by atoms with Crippen LogP contribution in [0.15, 0.2) is 18.2 Å². The number of carbonyl (C=O) groups excluding carboxylic acids is 1. The Morgan fingerprint density at radius 1 is 1.30 bits per heavy atom. The highest BCUT2D eigenvalue weighted by Crippen LogP contribution is 2.15. The van der Waals surface area contributed by atoms with Gasteiger partial charge in [0.25, 0.3) is 5.91 Å². The van der Waals surface area contributed by atoms with Crippen LogP contribution in [-0.2, 0) is 0 Å². The fourth-order valence-electron chi connectivity index (χ4n) is 2.04. The molecule has 0 aliphatic rings. The number of rotatable bonds is 8. The number of aliphatic hydroxyl groups is 1. The van der Waals surface area contributed by atoms with Crippen LogP contribution in [0.4, 0.5) is 10.1 Å². The van der Waals surface area contributed by atoms with Crippen LogP contribution in [0.5, 0.6) is 0 Å². The molecule has 0 aliphatic carbocycles. The molecule has 0 bridgehead atoms. The van der Waals surface area contributed by atoms with E-state index in [0.29, 0.717) is 12.2 Å². The Kier molecular flexibility index (Phi) is 7.01. The van der Waals surface area contributed by atoms with Crippen LogP contribution < -0.4 is 5.73 Å². The summed E-state index contributed by atoms with van der Waals surface area (Å²) in [6.45, 7) is 2.70. The summed E-state index contributed by atoms with van der Waals surface area (Å²) in [6.07, 6.45) is 4.08. The van der Waals surface area contributed by atoms with Gasteiger partial charge in [0.1, 0.15) is 5.82 Å². The molecule has 20 heavy (non-hydrogen) atoms. The number of carbonyl (C=O) groups is 1. The van der Waals surface area contributed by atoms with Crippen LogP contribution in [0.2, 0.25) is 0 Å². The second-order valence-electron chi connectivity index (χ2n) is 4.82. The molecule has 0 saturated heterocycles. The van der Waals surface area contributed by atoms with Gasteiger partial charge < -0.3 is 15.7 Å². The number of amides is 1. The maximum Gasteiger partial charge on any atom is 0.256 e. The largest absolute Gasteiger partial charge is 0.399 e. The van der Waals surface area contributed by atoms with Crippen molar-refractivity contribution in [1.29, 1.82) is 0 Å². The lowest BCUT2D eigenvalue weighted by molar-refractivity contribution is 0.0714. The molecule has 0 unspecified atom stereocenters. The van der Waals surface area contributed by atoms with Crippen LogP contribution in [0.3, 0.4) is 0 Å². The molecule has 0 spiro atoms. The first-order chi connectivity index (χ1) is 9.60. The number of hydrogen-bond acceptors (Lipinski definition) is 3. The predicted molar refractivity (Wildman–Crippen MR) is 77.9 cm³/mol. The van der Waals surface area contributed by atoms with E-state index in [1.807, 2.05) is 0 Å². The third-order valence-corrected chi connectivity index (χ3v) is 3.16. The van der Waals surface area contributed by atoms with E-state index in [-0.39, 0.29) is 18.7 Å². The zero-order valence-corrected chi connectivity index (χ0v) is 11.9. The van der Waals surface area contributed by atoms with Gasteiger partial charge in [0, 0.05) is 18.8 Å². The van der Waals surface area contributed by atoms with E-state index in [4.69, 9.17) is 10.8 Å². The number of hydrogen-bond donors (Lipinski definition) is 2. The summed E-state index contributed by atoms with van der Waals surface area (Å²) < 4.78 is 13.7. The summed E-state index contributed by atoms with van der Waals surface area (Å²) in [4.78, 5) is 13.8. The smallest absolute Gasteiger partial charge is 0.256 e. The minimum atomic E-state index is -0.583. The molecule has 0 aliphatic heterocycles. The van der Waals surface area contributed by atoms with Crippen molar-refractivity contribution in [3.63, 3.8) is 0 Å². The van der Waals surface area contributed by atoms with E-state index < -0.39 is 11.7 Å². The van der Waals surface area contributed by atoms with Gasteiger partial charge in [-0.1, -0.05) is 26.2 Å². The Balaban J connectivity index is 2.74. The summed E-state index contributed by atoms with van der Waals surface area (Å²) in [5.41, 5.74) is 5.91. The molecular weight excluding hydrogens is 259 g/mol. The lowest BCUT2D eigenvalue weighted by Crippen LogP contribution is -2.35. The Bertz CT molecular complexity index is 438. The molecule has 1 amide bonds.